The zero-order valence-electron chi connectivity index (χ0n) is 9.11. The number of nitrogens with two attached hydrogens (primary N) is 1. The van der Waals surface area contributed by atoms with Gasteiger partial charge in [0, 0.05) is 12.1 Å². The molecule has 0 amide bonds. The van der Waals surface area contributed by atoms with Gasteiger partial charge in [-0.1, -0.05) is 11.5 Å². The molecule has 0 spiro atoms. The minimum absolute atomic E-state index is 0.656. The Balaban J connectivity index is 2.31. The first-order valence-electron chi connectivity index (χ1n) is 5.14. The minimum Gasteiger partial charge on any atom is -0.330 e. The van der Waals surface area contributed by atoms with Gasteiger partial charge >= 0.3 is 5.84 Å². The Labute approximate surface area is 85.3 Å². The lowest BCUT2D eigenvalue weighted by Crippen LogP contribution is -2.27. The molecule has 0 unspecified atom stereocenters. The van der Waals surface area contributed by atoms with Crippen LogP contribution in [-0.2, 0) is 0 Å². The van der Waals surface area contributed by atoms with Crippen molar-refractivity contribution in [3.8, 4) is 0 Å². The monoisotopic (exact) mass is 198 g/mol. The molecule has 0 radical (unpaired) electrons. The van der Waals surface area contributed by atoms with Gasteiger partial charge in [-0.25, -0.2) is 0 Å². The van der Waals surface area contributed by atoms with Crippen LogP contribution in [0.3, 0.4) is 0 Å². The lowest BCUT2D eigenvalue weighted by Gasteiger charge is -2.10. The predicted octanol–water partition coefficient (Wildman–Crippen LogP) is 0.816. The molecule has 0 saturated heterocycles. The fourth-order valence-corrected chi connectivity index (χ4v) is 1.38. The third kappa shape index (κ3) is 3.41. The van der Waals surface area contributed by atoms with E-state index in [1.807, 2.05) is 23.8 Å². The lowest BCUT2D eigenvalue weighted by molar-refractivity contribution is -0.462. The van der Waals surface area contributed by atoms with Crippen molar-refractivity contribution in [2.75, 3.05) is 27.3 Å². The Morgan fingerprint density at radius 3 is 2.93 bits per heavy atom. The number of hydrazone groups is 1. The first kappa shape index (κ1) is 11.1. The van der Waals surface area contributed by atoms with E-state index < -0.39 is 0 Å². The number of hydrogen-bond donors (Lipinski definition) is 1. The Bertz CT molecular complexity index is 233. The highest BCUT2D eigenvalue weighted by molar-refractivity contribution is 5.73. The highest BCUT2D eigenvalue weighted by Gasteiger charge is 2.18. The van der Waals surface area contributed by atoms with Crippen LogP contribution in [0.5, 0.6) is 0 Å². The summed E-state index contributed by atoms with van der Waals surface area (Å²) in [5, 5.41) is 10.6. The predicted molar refractivity (Wildman–Crippen MR) is 56.2 cm³/mol. The molecule has 0 bridgehead atoms. The first-order chi connectivity index (χ1) is 6.74. The van der Waals surface area contributed by atoms with Gasteiger partial charge in [-0.15, -0.1) is 4.70 Å². The average molecular weight is 198 g/mol. The van der Waals surface area contributed by atoms with Crippen LogP contribution < -0.4 is 5.73 Å². The molecule has 14 heavy (non-hydrogen) atoms. The standard InChI is InChI=1S/C9H20N5/c1-13-8-11-14(2)9(12-13)6-4-3-5-7-10/h3-8,10H2,1-2H3/q+1. The molecular formula is C9H20N5+. The second kappa shape index (κ2) is 5.70. The molecule has 5 heteroatoms. The van der Waals surface area contributed by atoms with Crippen LogP contribution in [0.4, 0.5) is 0 Å². The van der Waals surface area contributed by atoms with E-state index in [0.717, 1.165) is 31.6 Å². The van der Waals surface area contributed by atoms with Gasteiger partial charge in [-0.3, -0.25) is 0 Å². The summed E-state index contributed by atoms with van der Waals surface area (Å²) in [5.74, 6) is 1.05. The van der Waals surface area contributed by atoms with E-state index in [0.29, 0.717) is 6.67 Å². The van der Waals surface area contributed by atoms with E-state index in [2.05, 4.69) is 10.2 Å². The van der Waals surface area contributed by atoms with E-state index in [1.165, 1.54) is 6.42 Å². The second-order valence-corrected chi connectivity index (χ2v) is 3.58. The van der Waals surface area contributed by atoms with Crippen molar-refractivity contribution in [2.45, 2.75) is 25.7 Å². The molecule has 1 rings (SSSR count). The van der Waals surface area contributed by atoms with Crippen molar-refractivity contribution in [3.63, 3.8) is 0 Å². The highest BCUT2D eigenvalue weighted by atomic mass is 15.6. The number of nitrogens with zero attached hydrogens (tertiary/aromatic N) is 4. The molecule has 2 N–H and O–H groups in total. The molecule has 1 aliphatic heterocycles. The Kier molecular flexibility index (Phi) is 4.52. The fourth-order valence-electron chi connectivity index (χ4n) is 1.38. The van der Waals surface area contributed by atoms with Gasteiger partial charge in [0.05, 0.1) is 6.42 Å². The number of hydrogen-bond acceptors (Lipinski definition) is 4. The van der Waals surface area contributed by atoms with E-state index in [1.54, 1.807) is 0 Å². The molecule has 1 heterocycles. The van der Waals surface area contributed by atoms with Crippen molar-refractivity contribution in [1.82, 2.24) is 5.01 Å². The third-order valence-electron chi connectivity index (χ3n) is 2.24. The number of amidine groups is 1. The van der Waals surface area contributed by atoms with Gasteiger partial charge in [0.15, 0.2) is 6.67 Å². The van der Waals surface area contributed by atoms with Crippen LogP contribution in [-0.4, -0.2) is 42.9 Å². The maximum atomic E-state index is 5.43. The lowest BCUT2D eigenvalue weighted by atomic mass is 10.2. The summed E-state index contributed by atoms with van der Waals surface area (Å²) in [6, 6.07) is 0. The SMILES string of the molecule is CN1CN=[N+](C)C(CCCCCN)=N1. The Morgan fingerprint density at radius 1 is 1.43 bits per heavy atom. The molecule has 1 aliphatic rings. The number of rotatable bonds is 5. The van der Waals surface area contributed by atoms with Gasteiger partial charge in [0.1, 0.15) is 7.05 Å². The third-order valence-corrected chi connectivity index (χ3v) is 2.24. The summed E-state index contributed by atoms with van der Waals surface area (Å²) < 4.78 is 1.88. The number of unbranched alkanes of at least 4 members (excludes halogenated alkanes) is 2. The molecule has 0 saturated carbocycles. The summed E-state index contributed by atoms with van der Waals surface area (Å²) in [4.78, 5) is 0. The Hall–Kier alpha value is -0.970. The van der Waals surface area contributed by atoms with E-state index in [9.17, 15) is 0 Å². The summed E-state index contributed by atoms with van der Waals surface area (Å²) in [6.45, 7) is 1.44. The zero-order chi connectivity index (χ0) is 10.4. The molecule has 0 atom stereocenters. The molecule has 0 aromatic heterocycles. The normalized spacial score (nSPS) is 16.6. The van der Waals surface area contributed by atoms with Crippen LogP contribution in [0.1, 0.15) is 25.7 Å². The van der Waals surface area contributed by atoms with Crippen molar-refractivity contribution in [2.24, 2.45) is 15.9 Å². The van der Waals surface area contributed by atoms with Crippen LogP contribution in [0.2, 0.25) is 0 Å². The van der Waals surface area contributed by atoms with Crippen molar-refractivity contribution in [1.29, 1.82) is 0 Å². The smallest absolute Gasteiger partial charge is 0.330 e. The summed E-state index contributed by atoms with van der Waals surface area (Å²) in [5.41, 5.74) is 5.43. The molecule has 0 fully saturated rings. The fraction of sp³-hybridized carbons (Fsp3) is 0.889. The van der Waals surface area contributed by atoms with Crippen molar-refractivity contribution >= 4 is 5.84 Å². The van der Waals surface area contributed by atoms with E-state index in [4.69, 9.17) is 5.73 Å². The van der Waals surface area contributed by atoms with Crippen molar-refractivity contribution < 1.29 is 4.70 Å². The van der Waals surface area contributed by atoms with E-state index in [-0.39, 0.29) is 0 Å². The second-order valence-electron chi connectivity index (χ2n) is 3.58. The van der Waals surface area contributed by atoms with Gasteiger partial charge in [-0.05, 0) is 19.4 Å². The minimum atomic E-state index is 0.656. The molecule has 5 nitrogen and oxygen atoms in total. The summed E-state index contributed by atoms with van der Waals surface area (Å²) >= 11 is 0. The van der Waals surface area contributed by atoms with Crippen molar-refractivity contribution in [3.05, 3.63) is 0 Å². The summed E-state index contributed by atoms with van der Waals surface area (Å²) in [7, 11) is 3.89. The maximum Gasteiger partial charge on any atom is 0.343 e. The van der Waals surface area contributed by atoms with Gasteiger partial charge < -0.3 is 5.73 Å². The van der Waals surface area contributed by atoms with Gasteiger partial charge in [0.2, 0.25) is 0 Å². The average Bonchev–Trinajstić information content (AvgIpc) is 2.18. The van der Waals surface area contributed by atoms with Gasteiger partial charge in [-0.2, -0.15) is 5.01 Å². The topological polar surface area (TPSA) is 57.0 Å². The number of azo groups is 2. The molecule has 0 aliphatic carbocycles. The summed E-state index contributed by atoms with van der Waals surface area (Å²) in [6.07, 6.45) is 4.41. The zero-order valence-corrected chi connectivity index (χ0v) is 9.11. The quantitative estimate of drug-likeness (QED) is 0.525. The molecular weight excluding hydrogens is 178 g/mol. The van der Waals surface area contributed by atoms with Crippen LogP contribution in [0.15, 0.2) is 10.2 Å². The molecule has 0 aromatic carbocycles. The molecule has 80 valence electrons. The molecule has 0 aromatic rings. The van der Waals surface area contributed by atoms with E-state index >= 15 is 0 Å². The van der Waals surface area contributed by atoms with Gasteiger partial charge in [0.25, 0.3) is 0 Å². The highest BCUT2D eigenvalue weighted by Crippen LogP contribution is 2.05. The van der Waals surface area contributed by atoms with Crippen LogP contribution in [0.25, 0.3) is 0 Å². The van der Waals surface area contributed by atoms with Crippen LogP contribution >= 0.6 is 0 Å². The van der Waals surface area contributed by atoms with Crippen LogP contribution in [0, 0.1) is 0 Å². The Morgan fingerprint density at radius 2 is 2.21 bits per heavy atom. The first-order valence-corrected chi connectivity index (χ1v) is 5.14. The largest absolute Gasteiger partial charge is 0.343 e. The maximum absolute atomic E-state index is 5.43.